The Morgan fingerprint density at radius 1 is 1.50 bits per heavy atom. The Morgan fingerprint density at radius 3 is 2.75 bits per heavy atom. The van der Waals surface area contributed by atoms with Crippen molar-refractivity contribution >= 4 is 29.9 Å². The maximum Gasteiger partial charge on any atom is 0.255 e. The molecule has 1 aromatic carbocycles. The van der Waals surface area contributed by atoms with Crippen LogP contribution in [0, 0.1) is 0 Å². The molecule has 0 atom stereocenters. The molecule has 0 aliphatic carbocycles. The van der Waals surface area contributed by atoms with E-state index < -0.39 is 5.91 Å². The minimum Gasteiger partial charge on any atom is -0.493 e. The van der Waals surface area contributed by atoms with E-state index in [1.165, 1.54) is 7.11 Å². The van der Waals surface area contributed by atoms with Crippen LogP contribution in [0.1, 0.15) is 5.56 Å². The maximum atomic E-state index is 10.7. The molecule has 6 nitrogen and oxygen atoms in total. The second kappa shape index (κ2) is 9.66. The van der Waals surface area contributed by atoms with Gasteiger partial charge in [-0.3, -0.25) is 4.79 Å². The minimum atomic E-state index is -0.591. The second-order valence-corrected chi connectivity index (χ2v) is 4.17. The fourth-order valence-electron chi connectivity index (χ4n) is 1.47. The molecule has 0 aliphatic heterocycles. The number of aliphatic hydroxyl groups is 1. The van der Waals surface area contributed by atoms with Crippen LogP contribution in [0.25, 0.3) is 0 Å². The number of hydrogen-bond donors (Lipinski definition) is 3. The van der Waals surface area contributed by atoms with Gasteiger partial charge < -0.3 is 25.6 Å². The summed E-state index contributed by atoms with van der Waals surface area (Å²) in [5.41, 5.74) is 5.89. The highest BCUT2D eigenvalue weighted by Gasteiger charge is 2.12. The normalized spacial score (nSPS) is 9.75. The Morgan fingerprint density at radius 2 is 2.20 bits per heavy atom. The number of aliphatic hydroxyl groups excluding tert-OH is 1. The fraction of sp³-hybridized carbons (Fsp3) is 0.417. The van der Waals surface area contributed by atoms with Crippen LogP contribution in [-0.2, 0) is 11.3 Å². The predicted octanol–water partition coefficient (Wildman–Crippen LogP) is 0.716. The van der Waals surface area contributed by atoms with Crippen LogP contribution in [0.4, 0.5) is 0 Å². The number of amides is 1. The van der Waals surface area contributed by atoms with E-state index in [4.69, 9.17) is 31.9 Å². The molecule has 0 saturated heterocycles. The topological polar surface area (TPSA) is 93.8 Å². The number of carbonyl (C=O) groups is 1. The van der Waals surface area contributed by atoms with Gasteiger partial charge in [0.25, 0.3) is 5.91 Å². The van der Waals surface area contributed by atoms with Gasteiger partial charge in [-0.2, -0.15) is 0 Å². The molecular formula is C12H18Cl2N2O4. The molecule has 0 spiro atoms. The molecule has 0 saturated carbocycles. The van der Waals surface area contributed by atoms with Crippen molar-refractivity contribution in [1.29, 1.82) is 0 Å². The number of primary amides is 1. The molecule has 1 amide bonds. The number of carbonyl (C=O) groups excluding carboxylic acids is 1. The van der Waals surface area contributed by atoms with Gasteiger partial charge in [-0.05, 0) is 17.7 Å². The van der Waals surface area contributed by atoms with Crippen molar-refractivity contribution in [3.63, 3.8) is 0 Å². The standard InChI is InChI=1S/C12H17ClN2O4.ClH/c1-18-10-5-8(6-15-2-3-16)4-9(13)12(10)19-7-11(14)17;/h4-5,15-16H,2-3,6-7H2,1H3,(H2,14,17);1H. The minimum absolute atomic E-state index is 0. The molecule has 1 rings (SSSR count). The number of nitrogens with one attached hydrogen (secondary N) is 1. The quantitative estimate of drug-likeness (QED) is 0.612. The Labute approximate surface area is 128 Å². The smallest absolute Gasteiger partial charge is 0.255 e. The summed E-state index contributed by atoms with van der Waals surface area (Å²) in [6, 6.07) is 3.44. The largest absolute Gasteiger partial charge is 0.493 e. The third-order valence-electron chi connectivity index (χ3n) is 2.27. The highest BCUT2D eigenvalue weighted by atomic mass is 35.5. The van der Waals surface area contributed by atoms with Crippen molar-refractivity contribution in [3.05, 3.63) is 22.7 Å². The van der Waals surface area contributed by atoms with Crippen LogP contribution >= 0.6 is 24.0 Å². The highest BCUT2D eigenvalue weighted by molar-refractivity contribution is 6.32. The molecule has 0 aliphatic rings. The van der Waals surface area contributed by atoms with Crippen molar-refractivity contribution in [2.24, 2.45) is 5.73 Å². The van der Waals surface area contributed by atoms with Gasteiger partial charge in [-0.25, -0.2) is 0 Å². The van der Waals surface area contributed by atoms with E-state index in [1.54, 1.807) is 12.1 Å². The average Bonchev–Trinajstić information content (AvgIpc) is 2.37. The van der Waals surface area contributed by atoms with Gasteiger partial charge >= 0.3 is 0 Å². The third kappa shape index (κ3) is 5.83. The lowest BCUT2D eigenvalue weighted by atomic mass is 10.2. The van der Waals surface area contributed by atoms with E-state index in [-0.39, 0.29) is 31.4 Å². The first-order valence-corrected chi connectivity index (χ1v) is 6.05. The molecule has 0 heterocycles. The lowest BCUT2D eigenvalue weighted by molar-refractivity contribution is -0.119. The average molecular weight is 325 g/mol. The van der Waals surface area contributed by atoms with Crippen LogP contribution < -0.4 is 20.5 Å². The van der Waals surface area contributed by atoms with Crippen LogP contribution in [-0.4, -0.2) is 37.9 Å². The second-order valence-electron chi connectivity index (χ2n) is 3.76. The van der Waals surface area contributed by atoms with Gasteiger partial charge in [-0.15, -0.1) is 12.4 Å². The first kappa shape index (κ1) is 18.8. The Balaban J connectivity index is 0.00000361. The zero-order valence-electron chi connectivity index (χ0n) is 11.0. The summed E-state index contributed by atoms with van der Waals surface area (Å²) in [7, 11) is 1.48. The van der Waals surface area contributed by atoms with E-state index in [9.17, 15) is 4.79 Å². The number of methoxy groups -OCH3 is 1. The number of nitrogens with two attached hydrogens (primary N) is 1. The van der Waals surface area contributed by atoms with Crippen molar-refractivity contribution in [1.82, 2.24) is 5.32 Å². The zero-order chi connectivity index (χ0) is 14.3. The Bertz CT molecular complexity index is 444. The van der Waals surface area contributed by atoms with E-state index in [0.717, 1.165) is 5.56 Å². The summed E-state index contributed by atoms with van der Waals surface area (Å²) in [6.07, 6.45) is 0. The molecule has 4 N–H and O–H groups in total. The molecule has 8 heteroatoms. The summed E-state index contributed by atoms with van der Waals surface area (Å²) in [5, 5.41) is 12.0. The summed E-state index contributed by atoms with van der Waals surface area (Å²) in [4.78, 5) is 10.7. The molecule has 0 bridgehead atoms. The van der Waals surface area contributed by atoms with Gasteiger partial charge in [0.2, 0.25) is 0 Å². The predicted molar refractivity (Wildman–Crippen MR) is 78.7 cm³/mol. The number of hydrogen-bond acceptors (Lipinski definition) is 5. The molecule has 1 aromatic rings. The fourth-order valence-corrected chi connectivity index (χ4v) is 1.76. The monoisotopic (exact) mass is 324 g/mol. The lowest BCUT2D eigenvalue weighted by Crippen LogP contribution is -2.20. The summed E-state index contributed by atoms with van der Waals surface area (Å²) >= 11 is 6.08. The summed E-state index contributed by atoms with van der Waals surface area (Å²) in [5.74, 6) is 0.121. The molecule has 0 fully saturated rings. The zero-order valence-corrected chi connectivity index (χ0v) is 12.6. The molecule has 0 radical (unpaired) electrons. The van der Waals surface area contributed by atoms with Gasteiger partial charge in [0, 0.05) is 13.1 Å². The molecule has 0 aromatic heterocycles. The van der Waals surface area contributed by atoms with Crippen LogP contribution in [0.2, 0.25) is 5.02 Å². The summed E-state index contributed by atoms with van der Waals surface area (Å²) in [6.45, 7) is 0.815. The molecule has 0 unspecified atom stereocenters. The number of halogens is 2. The van der Waals surface area contributed by atoms with Gasteiger partial charge in [0.15, 0.2) is 18.1 Å². The first-order chi connectivity index (χ1) is 9.08. The number of rotatable bonds is 8. The van der Waals surface area contributed by atoms with Crippen LogP contribution in [0.5, 0.6) is 11.5 Å². The van der Waals surface area contributed by atoms with Gasteiger partial charge in [-0.1, -0.05) is 11.6 Å². The highest BCUT2D eigenvalue weighted by Crippen LogP contribution is 2.36. The van der Waals surface area contributed by atoms with Crippen molar-refractivity contribution in [2.45, 2.75) is 6.54 Å². The third-order valence-corrected chi connectivity index (χ3v) is 2.55. The van der Waals surface area contributed by atoms with Crippen LogP contribution in [0.3, 0.4) is 0 Å². The number of ether oxygens (including phenoxy) is 2. The van der Waals surface area contributed by atoms with E-state index in [2.05, 4.69) is 5.32 Å². The molecular weight excluding hydrogens is 307 g/mol. The van der Waals surface area contributed by atoms with Crippen molar-refractivity contribution in [3.8, 4) is 11.5 Å². The lowest BCUT2D eigenvalue weighted by Gasteiger charge is -2.13. The van der Waals surface area contributed by atoms with Gasteiger partial charge in [0.1, 0.15) is 0 Å². The van der Waals surface area contributed by atoms with E-state index in [1.807, 2.05) is 0 Å². The first-order valence-electron chi connectivity index (χ1n) is 5.67. The SMILES string of the molecule is COc1cc(CNCCO)cc(Cl)c1OCC(N)=O.Cl. The molecule has 114 valence electrons. The van der Waals surface area contributed by atoms with E-state index in [0.29, 0.717) is 23.9 Å². The Kier molecular flexibility index (Phi) is 9.07. The van der Waals surface area contributed by atoms with Crippen LogP contribution in [0.15, 0.2) is 12.1 Å². The van der Waals surface area contributed by atoms with Crippen molar-refractivity contribution in [2.75, 3.05) is 26.9 Å². The van der Waals surface area contributed by atoms with Gasteiger partial charge in [0.05, 0.1) is 18.7 Å². The van der Waals surface area contributed by atoms with E-state index >= 15 is 0 Å². The maximum absolute atomic E-state index is 10.7. The Hall–Kier alpha value is -1.21. The summed E-state index contributed by atoms with van der Waals surface area (Å²) < 4.78 is 10.4. The van der Waals surface area contributed by atoms with Crippen molar-refractivity contribution < 1.29 is 19.4 Å². The number of benzene rings is 1. The molecule has 20 heavy (non-hydrogen) atoms.